The topological polar surface area (TPSA) is 60.9 Å². The molecule has 1 heterocycles. The van der Waals surface area contributed by atoms with Crippen LogP contribution in [0.2, 0.25) is 10.0 Å². The van der Waals surface area contributed by atoms with Crippen molar-refractivity contribution in [1.29, 1.82) is 0 Å². The third-order valence-electron chi connectivity index (χ3n) is 4.94. The lowest BCUT2D eigenvalue weighted by Crippen LogP contribution is -2.45. The van der Waals surface area contributed by atoms with Crippen molar-refractivity contribution in [1.82, 2.24) is 9.80 Å². The summed E-state index contributed by atoms with van der Waals surface area (Å²) in [6, 6.07) is 14.2. The first-order valence-electron chi connectivity index (χ1n) is 9.18. The molecule has 1 fully saturated rings. The van der Waals surface area contributed by atoms with E-state index in [4.69, 9.17) is 23.2 Å². The van der Waals surface area contributed by atoms with Gasteiger partial charge >= 0.3 is 0 Å². The lowest BCUT2D eigenvalue weighted by molar-refractivity contribution is -0.133. The Morgan fingerprint density at radius 1 is 1.07 bits per heavy atom. The molecule has 148 valence electrons. The number of nitrogens with zero attached hydrogens (tertiary/aromatic N) is 2. The summed E-state index contributed by atoms with van der Waals surface area (Å²) in [4.78, 5) is 28.8. The average Bonchev–Trinajstić information content (AvgIpc) is 2.88. The maximum atomic E-state index is 12.8. The quantitative estimate of drug-likeness (QED) is 0.806. The van der Waals surface area contributed by atoms with Crippen molar-refractivity contribution < 1.29 is 14.7 Å². The Kier molecular flexibility index (Phi) is 6.94. The molecule has 1 aliphatic heterocycles. The van der Waals surface area contributed by atoms with Gasteiger partial charge in [0.15, 0.2) is 0 Å². The van der Waals surface area contributed by atoms with Crippen LogP contribution in [0.3, 0.4) is 0 Å². The minimum Gasteiger partial charge on any atom is -0.394 e. The molecule has 0 bridgehead atoms. The van der Waals surface area contributed by atoms with Gasteiger partial charge in [-0.3, -0.25) is 9.59 Å². The van der Waals surface area contributed by atoms with E-state index in [-0.39, 0.29) is 30.9 Å². The van der Waals surface area contributed by atoms with Gasteiger partial charge in [0.2, 0.25) is 5.91 Å². The molecule has 0 unspecified atom stereocenters. The van der Waals surface area contributed by atoms with Crippen molar-refractivity contribution in [3.8, 4) is 0 Å². The summed E-state index contributed by atoms with van der Waals surface area (Å²) in [5.74, 6) is -0.285. The van der Waals surface area contributed by atoms with Crippen LogP contribution in [0.5, 0.6) is 0 Å². The van der Waals surface area contributed by atoms with E-state index in [2.05, 4.69) is 0 Å². The van der Waals surface area contributed by atoms with Crippen molar-refractivity contribution in [2.45, 2.75) is 18.9 Å². The van der Waals surface area contributed by atoms with E-state index in [0.717, 1.165) is 5.56 Å². The van der Waals surface area contributed by atoms with Crippen LogP contribution in [0.15, 0.2) is 48.5 Å². The molecule has 2 aromatic rings. The molecular weight excluding hydrogens is 399 g/mol. The maximum Gasteiger partial charge on any atom is 0.255 e. The number of rotatable bonds is 5. The number of carbonyl (C=O) groups is 2. The van der Waals surface area contributed by atoms with E-state index in [1.54, 1.807) is 21.9 Å². The molecule has 2 aromatic carbocycles. The average molecular weight is 421 g/mol. The molecule has 1 atom stereocenters. The molecule has 1 saturated heterocycles. The number of benzene rings is 2. The summed E-state index contributed by atoms with van der Waals surface area (Å²) in [5, 5.41) is 10.6. The molecule has 2 amide bonds. The number of hydrogen-bond acceptors (Lipinski definition) is 3. The zero-order valence-electron chi connectivity index (χ0n) is 15.4. The van der Waals surface area contributed by atoms with E-state index in [1.165, 1.54) is 6.07 Å². The fourth-order valence-corrected chi connectivity index (χ4v) is 3.91. The van der Waals surface area contributed by atoms with Gasteiger partial charge in [0, 0.05) is 31.1 Å². The zero-order chi connectivity index (χ0) is 20.1. The van der Waals surface area contributed by atoms with Gasteiger partial charge in [0.1, 0.15) is 0 Å². The van der Waals surface area contributed by atoms with Gasteiger partial charge in [0.05, 0.1) is 23.2 Å². The van der Waals surface area contributed by atoms with Crippen LogP contribution in [-0.2, 0) is 11.2 Å². The summed E-state index contributed by atoms with van der Waals surface area (Å²) in [6.07, 6.45) is 0.780. The Morgan fingerprint density at radius 2 is 1.82 bits per heavy atom. The number of hydrogen-bond donors (Lipinski definition) is 1. The molecule has 5 nitrogen and oxygen atoms in total. The number of aliphatic hydroxyl groups is 1. The van der Waals surface area contributed by atoms with Gasteiger partial charge < -0.3 is 14.9 Å². The molecule has 0 radical (unpaired) electrons. The Labute approximate surface area is 174 Å². The second-order valence-electron chi connectivity index (χ2n) is 6.78. The van der Waals surface area contributed by atoms with E-state index in [1.807, 2.05) is 30.3 Å². The normalized spacial score (nSPS) is 16.0. The Hall–Kier alpha value is -2.08. The van der Waals surface area contributed by atoms with Crippen LogP contribution in [0.25, 0.3) is 0 Å². The molecule has 0 spiro atoms. The maximum absolute atomic E-state index is 12.8. The van der Waals surface area contributed by atoms with Gasteiger partial charge in [-0.25, -0.2) is 0 Å². The summed E-state index contributed by atoms with van der Waals surface area (Å²) in [6.45, 7) is 0.941. The third kappa shape index (κ3) is 4.85. The van der Waals surface area contributed by atoms with E-state index >= 15 is 0 Å². The molecule has 3 rings (SSSR count). The van der Waals surface area contributed by atoms with E-state index in [9.17, 15) is 14.7 Å². The Bertz CT molecular complexity index is 845. The zero-order valence-corrected chi connectivity index (χ0v) is 16.9. The van der Waals surface area contributed by atoms with Gasteiger partial charge in [-0.15, -0.1) is 0 Å². The van der Waals surface area contributed by atoms with Gasteiger partial charge in [-0.05, 0) is 30.2 Å². The minimum absolute atomic E-state index is 0.0625. The highest BCUT2D eigenvalue weighted by Crippen LogP contribution is 2.23. The predicted molar refractivity (Wildman–Crippen MR) is 110 cm³/mol. The molecule has 7 heteroatoms. The third-order valence-corrected chi connectivity index (χ3v) is 5.49. The van der Waals surface area contributed by atoms with Gasteiger partial charge in [0.25, 0.3) is 5.91 Å². The first-order valence-corrected chi connectivity index (χ1v) is 9.93. The minimum atomic E-state index is -0.316. The van der Waals surface area contributed by atoms with Crippen LogP contribution < -0.4 is 0 Å². The van der Waals surface area contributed by atoms with Gasteiger partial charge in [-0.2, -0.15) is 0 Å². The molecule has 0 saturated carbocycles. The summed E-state index contributed by atoms with van der Waals surface area (Å²) >= 11 is 12.1. The van der Waals surface area contributed by atoms with E-state index in [0.29, 0.717) is 41.7 Å². The highest BCUT2D eigenvalue weighted by Gasteiger charge is 2.29. The monoisotopic (exact) mass is 420 g/mol. The lowest BCUT2D eigenvalue weighted by atomic mass is 10.0. The first kappa shape index (κ1) is 20.6. The van der Waals surface area contributed by atoms with E-state index < -0.39 is 0 Å². The second kappa shape index (κ2) is 9.41. The second-order valence-corrected chi connectivity index (χ2v) is 7.62. The van der Waals surface area contributed by atoms with Gasteiger partial charge in [-0.1, -0.05) is 53.5 Å². The largest absolute Gasteiger partial charge is 0.394 e. The first-order chi connectivity index (χ1) is 13.5. The number of halogens is 2. The number of aliphatic hydroxyl groups excluding tert-OH is 1. The molecule has 0 aliphatic carbocycles. The Morgan fingerprint density at radius 3 is 2.50 bits per heavy atom. The molecule has 1 N–H and O–H groups in total. The van der Waals surface area contributed by atoms with Crippen LogP contribution in [0, 0.1) is 0 Å². The van der Waals surface area contributed by atoms with Crippen molar-refractivity contribution in [3.63, 3.8) is 0 Å². The Balaban J connectivity index is 1.71. The molecule has 0 aromatic heterocycles. The summed E-state index contributed by atoms with van der Waals surface area (Å²) in [7, 11) is 0. The standard InChI is InChI=1S/C21H22Cl2N2O3/c22-16-6-7-18(19(23)13-16)21(28)24-9-8-20(27)25(11-10-24)17(14-26)12-15-4-2-1-3-5-15/h1-7,13,17,26H,8-12,14H2/t17-/m0/s1. The fourth-order valence-electron chi connectivity index (χ4n) is 3.42. The lowest BCUT2D eigenvalue weighted by Gasteiger charge is -2.30. The fraction of sp³-hybridized carbons (Fsp3) is 0.333. The predicted octanol–water partition coefficient (Wildman–Crippen LogP) is 3.27. The van der Waals surface area contributed by atoms with Crippen molar-refractivity contribution in [2.75, 3.05) is 26.2 Å². The van der Waals surface area contributed by atoms with Crippen molar-refractivity contribution in [3.05, 3.63) is 69.7 Å². The molecule has 1 aliphatic rings. The van der Waals surface area contributed by atoms with Crippen molar-refractivity contribution in [2.24, 2.45) is 0 Å². The highest BCUT2D eigenvalue weighted by atomic mass is 35.5. The molecule has 28 heavy (non-hydrogen) atoms. The SMILES string of the molecule is O=C(c1ccc(Cl)cc1Cl)N1CCC(=O)N([C@H](CO)Cc2ccccc2)CC1. The smallest absolute Gasteiger partial charge is 0.255 e. The molecular formula is C21H22Cl2N2O3. The number of amides is 2. The van der Waals surface area contributed by atoms with Crippen LogP contribution in [0.1, 0.15) is 22.3 Å². The highest BCUT2D eigenvalue weighted by molar-refractivity contribution is 6.36. The van der Waals surface area contributed by atoms with Crippen LogP contribution in [0.4, 0.5) is 0 Å². The summed E-state index contributed by atoms with van der Waals surface area (Å²) in [5.41, 5.74) is 1.43. The summed E-state index contributed by atoms with van der Waals surface area (Å²) < 4.78 is 0. The van der Waals surface area contributed by atoms with Crippen LogP contribution in [-0.4, -0.2) is 59.0 Å². The van der Waals surface area contributed by atoms with Crippen molar-refractivity contribution >= 4 is 35.0 Å². The number of carbonyl (C=O) groups excluding carboxylic acids is 2. The van der Waals surface area contributed by atoms with Crippen LogP contribution >= 0.6 is 23.2 Å².